The lowest BCUT2D eigenvalue weighted by Gasteiger charge is -2.10. The highest BCUT2D eigenvalue weighted by atomic mass is 15.0. The van der Waals surface area contributed by atoms with Gasteiger partial charge in [0.15, 0.2) is 0 Å². The topological polar surface area (TPSA) is 9.86 Å². The Bertz CT molecular complexity index is 1770. The van der Waals surface area contributed by atoms with Gasteiger partial charge >= 0.3 is 0 Å². The van der Waals surface area contributed by atoms with Gasteiger partial charge in [0, 0.05) is 33.7 Å². The highest BCUT2D eigenvalue weighted by Gasteiger charge is 2.16. The maximum absolute atomic E-state index is 2.39. The molecule has 0 N–H and O–H groups in total. The summed E-state index contributed by atoms with van der Waals surface area (Å²) in [5.41, 5.74) is 8.50. The third-order valence-electron chi connectivity index (χ3n) is 6.77. The predicted molar refractivity (Wildman–Crippen MR) is 143 cm³/mol. The molecule has 0 atom stereocenters. The summed E-state index contributed by atoms with van der Waals surface area (Å²) in [5, 5.41) is 3.85. The van der Waals surface area contributed by atoms with E-state index in [0.717, 1.165) is 0 Å². The van der Waals surface area contributed by atoms with Crippen LogP contribution in [-0.2, 0) is 0 Å². The minimum Gasteiger partial charge on any atom is -0.317 e. The van der Waals surface area contributed by atoms with E-state index in [1.165, 1.54) is 55.2 Å². The lowest BCUT2D eigenvalue weighted by atomic mass is 10.1. The summed E-state index contributed by atoms with van der Waals surface area (Å²) in [4.78, 5) is 0. The highest BCUT2D eigenvalue weighted by Crippen LogP contribution is 2.38. The normalized spacial score (nSPS) is 11.5. The van der Waals surface area contributed by atoms with Crippen LogP contribution in [0.5, 0.6) is 0 Å². The predicted octanol–water partition coefficient (Wildman–Crippen LogP) is 8.39. The molecule has 0 fully saturated rings. The smallest absolute Gasteiger partial charge is 0.0548 e. The Labute approximate surface area is 197 Å². The molecular weight excluding hydrogens is 412 g/mol. The van der Waals surface area contributed by atoms with Gasteiger partial charge in [0.1, 0.15) is 0 Å². The van der Waals surface area contributed by atoms with Gasteiger partial charge in [0.2, 0.25) is 0 Å². The third kappa shape index (κ3) is 2.82. The Balaban J connectivity index is 1.47. The van der Waals surface area contributed by atoms with E-state index in [0.29, 0.717) is 0 Å². The Morgan fingerprint density at radius 1 is 0.382 bits per heavy atom. The largest absolute Gasteiger partial charge is 0.317 e. The quantitative estimate of drug-likeness (QED) is 0.264. The lowest BCUT2D eigenvalue weighted by Crippen LogP contribution is -1.94. The molecule has 7 aromatic rings. The SMILES string of the molecule is c1ccc(-c2ccc(-n3c4ccccc4c4c5ccn(-c6ccccc6)c5ccc43)cc2)cc1. The molecule has 2 heterocycles. The number of hydrogen-bond donors (Lipinski definition) is 0. The summed E-state index contributed by atoms with van der Waals surface area (Å²) < 4.78 is 4.66. The molecule has 0 bridgehead atoms. The second-order valence-electron chi connectivity index (χ2n) is 8.68. The average molecular weight is 435 g/mol. The van der Waals surface area contributed by atoms with Crippen molar-refractivity contribution in [1.29, 1.82) is 0 Å². The number of para-hydroxylation sites is 2. The van der Waals surface area contributed by atoms with E-state index in [9.17, 15) is 0 Å². The van der Waals surface area contributed by atoms with Crippen molar-refractivity contribution in [3.8, 4) is 22.5 Å². The first-order valence-electron chi connectivity index (χ1n) is 11.6. The van der Waals surface area contributed by atoms with Crippen LogP contribution >= 0.6 is 0 Å². The molecule has 160 valence electrons. The van der Waals surface area contributed by atoms with Crippen molar-refractivity contribution in [1.82, 2.24) is 9.13 Å². The molecule has 2 aromatic heterocycles. The minimum atomic E-state index is 1.17. The first-order valence-corrected chi connectivity index (χ1v) is 11.6. The van der Waals surface area contributed by atoms with Crippen LogP contribution in [0.3, 0.4) is 0 Å². The minimum absolute atomic E-state index is 1.17. The highest BCUT2D eigenvalue weighted by molar-refractivity contribution is 6.21. The van der Waals surface area contributed by atoms with Gasteiger partial charge in [0.25, 0.3) is 0 Å². The van der Waals surface area contributed by atoms with Crippen LogP contribution in [0.15, 0.2) is 134 Å². The van der Waals surface area contributed by atoms with Gasteiger partial charge in [0.05, 0.1) is 16.6 Å². The van der Waals surface area contributed by atoms with Crippen LogP contribution in [0.2, 0.25) is 0 Å². The van der Waals surface area contributed by atoms with Gasteiger partial charge in [-0.05, 0) is 59.7 Å². The van der Waals surface area contributed by atoms with E-state index in [2.05, 4.69) is 143 Å². The van der Waals surface area contributed by atoms with Crippen molar-refractivity contribution in [3.05, 3.63) is 134 Å². The summed E-state index contributed by atoms with van der Waals surface area (Å²) in [5.74, 6) is 0. The zero-order valence-corrected chi connectivity index (χ0v) is 18.6. The molecule has 5 aromatic carbocycles. The number of nitrogens with zero attached hydrogens (tertiary/aromatic N) is 2. The van der Waals surface area contributed by atoms with Crippen molar-refractivity contribution in [2.45, 2.75) is 0 Å². The fourth-order valence-electron chi connectivity index (χ4n) is 5.21. The standard InChI is InChI=1S/C32H22N2/c1-3-9-23(10-4-1)24-15-17-26(18-16-24)34-30-14-8-7-13-27(30)32-28-21-22-33(25-11-5-2-6-12-25)29(28)19-20-31(32)34/h1-22H. The number of hydrogen-bond acceptors (Lipinski definition) is 0. The molecule has 0 spiro atoms. The molecule has 0 unspecified atom stereocenters. The summed E-state index contributed by atoms with van der Waals surface area (Å²) >= 11 is 0. The van der Waals surface area contributed by atoms with Crippen LogP contribution in [0, 0.1) is 0 Å². The maximum atomic E-state index is 2.39. The lowest BCUT2D eigenvalue weighted by molar-refractivity contribution is 1.13. The molecule has 0 aliphatic carbocycles. The number of benzene rings is 5. The number of fused-ring (bicyclic) bond motifs is 5. The Kier molecular flexibility index (Phi) is 4.18. The van der Waals surface area contributed by atoms with Gasteiger partial charge in [-0.1, -0.05) is 78.9 Å². The van der Waals surface area contributed by atoms with E-state index >= 15 is 0 Å². The maximum Gasteiger partial charge on any atom is 0.0548 e. The van der Waals surface area contributed by atoms with Crippen LogP contribution in [-0.4, -0.2) is 9.13 Å². The average Bonchev–Trinajstić information content (AvgIpc) is 3.49. The summed E-state index contributed by atoms with van der Waals surface area (Å²) in [6.45, 7) is 0. The molecule has 0 saturated heterocycles. The van der Waals surface area contributed by atoms with Crippen molar-refractivity contribution < 1.29 is 0 Å². The van der Waals surface area contributed by atoms with Crippen LogP contribution < -0.4 is 0 Å². The van der Waals surface area contributed by atoms with Gasteiger partial charge in [-0.15, -0.1) is 0 Å². The van der Waals surface area contributed by atoms with Crippen LogP contribution in [0.25, 0.3) is 55.2 Å². The molecule has 34 heavy (non-hydrogen) atoms. The van der Waals surface area contributed by atoms with Gasteiger partial charge < -0.3 is 9.13 Å². The zero-order chi connectivity index (χ0) is 22.5. The van der Waals surface area contributed by atoms with Crippen LogP contribution in [0.1, 0.15) is 0 Å². The van der Waals surface area contributed by atoms with E-state index in [1.807, 2.05) is 0 Å². The third-order valence-corrected chi connectivity index (χ3v) is 6.77. The fraction of sp³-hybridized carbons (Fsp3) is 0. The molecule has 0 amide bonds. The van der Waals surface area contributed by atoms with Gasteiger partial charge in [-0.2, -0.15) is 0 Å². The summed E-state index contributed by atoms with van der Waals surface area (Å²) in [7, 11) is 0. The summed E-state index contributed by atoms with van der Waals surface area (Å²) in [6.07, 6.45) is 2.18. The fourth-order valence-corrected chi connectivity index (χ4v) is 5.21. The molecule has 2 nitrogen and oxygen atoms in total. The van der Waals surface area contributed by atoms with E-state index in [-0.39, 0.29) is 0 Å². The molecular formula is C32H22N2. The number of rotatable bonds is 3. The van der Waals surface area contributed by atoms with Crippen molar-refractivity contribution in [2.24, 2.45) is 0 Å². The second kappa shape index (κ2) is 7.50. The second-order valence-corrected chi connectivity index (χ2v) is 8.68. The Hall–Kier alpha value is -4.56. The van der Waals surface area contributed by atoms with Crippen molar-refractivity contribution in [2.75, 3.05) is 0 Å². The van der Waals surface area contributed by atoms with Gasteiger partial charge in [-0.3, -0.25) is 0 Å². The summed E-state index contributed by atoms with van der Waals surface area (Å²) in [6, 6.07) is 45.5. The Morgan fingerprint density at radius 3 is 1.79 bits per heavy atom. The first-order chi connectivity index (χ1) is 16.9. The molecule has 0 saturated carbocycles. The molecule has 2 heteroatoms. The number of aromatic nitrogens is 2. The van der Waals surface area contributed by atoms with Crippen molar-refractivity contribution in [3.63, 3.8) is 0 Å². The van der Waals surface area contributed by atoms with Crippen molar-refractivity contribution >= 4 is 32.7 Å². The van der Waals surface area contributed by atoms with E-state index < -0.39 is 0 Å². The first kappa shape index (κ1) is 19.0. The monoisotopic (exact) mass is 434 g/mol. The van der Waals surface area contributed by atoms with Crippen LogP contribution in [0.4, 0.5) is 0 Å². The van der Waals surface area contributed by atoms with Gasteiger partial charge in [-0.25, -0.2) is 0 Å². The Morgan fingerprint density at radius 2 is 1.00 bits per heavy atom. The van der Waals surface area contributed by atoms with E-state index in [4.69, 9.17) is 0 Å². The molecule has 0 aliphatic rings. The molecule has 0 aliphatic heterocycles. The zero-order valence-electron chi connectivity index (χ0n) is 18.6. The molecule has 0 radical (unpaired) electrons. The van der Waals surface area contributed by atoms with E-state index in [1.54, 1.807) is 0 Å². The molecule has 7 rings (SSSR count).